The van der Waals surface area contributed by atoms with Gasteiger partial charge in [0.25, 0.3) is 5.91 Å². The fourth-order valence-electron chi connectivity index (χ4n) is 3.10. The minimum atomic E-state index is -0.0241. The summed E-state index contributed by atoms with van der Waals surface area (Å²) >= 11 is 1.63. The molecule has 6 heteroatoms. The lowest BCUT2D eigenvalue weighted by Gasteiger charge is -2.32. The van der Waals surface area contributed by atoms with Crippen molar-refractivity contribution in [2.45, 2.75) is 39.2 Å². The van der Waals surface area contributed by atoms with Crippen LogP contribution in [0.4, 0.5) is 0 Å². The van der Waals surface area contributed by atoms with Gasteiger partial charge in [-0.2, -0.15) is 0 Å². The predicted octanol–water partition coefficient (Wildman–Crippen LogP) is 3.44. The van der Waals surface area contributed by atoms with Crippen molar-refractivity contribution in [3.63, 3.8) is 0 Å². The van der Waals surface area contributed by atoms with E-state index in [1.165, 1.54) is 0 Å². The summed E-state index contributed by atoms with van der Waals surface area (Å²) in [6.45, 7) is 5.73. The molecule has 1 N–H and O–H groups in total. The molecule has 2 amide bonds. The van der Waals surface area contributed by atoms with E-state index in [9.17, 15) is 9.59 Å². The molecule has 138 valence electrons. The first-order valence-electron chi connectivity index (χ1n) is 9.11. The van der Waals surface area contributed by atoms with Crippen LogP contribution in [0.1, 0.15) is 53.7 Å². The zero-order valence-corrected chi connectivity index (χ0v) is 16.1. The normalized spacial score (nSPS) is 17.3. The average Bonchev–Trinajstić information content (AvgIpc) is 3.15. The van der Waals surface area contributed by atoms with E-state index in [2.05, 4.69) is 5.32 Å². The first-order valence-corrected chi connectivity index (χ1v) is 9.99. The van der Waals surface area contributed by atoms with Gasteiger partial charge in [0.2, 0.25) is 5.91 Å². The standard InChI is InChI=1S/C20H25N3O2S/c1-14(2)18(24)21-11-17-13-26-19(22-17)16-9-6-10-23(12-16)20(25)15-7-4-3-5-8-15/h3-5,7-8,13-14,16H,6,9-12H2,1-2H3,(H,21,24). The number of rotatable bonds is 5. The van der Waals surface area contributed by atoms with Crippen molar-refractivity contribution in [2.24, 2.45) is 5.92 Å². The Balaban J connectivity index is 1.61. The van der Waals surface area contributed by atoms with Crippen molar-refractivity contribution >= 4 is 23.2 Å². The topological polar surface area (TPSA) is 62.3 Å². The Morgan fingerprint density at radius 3 is 2.81 bits per heavy atom. The molecule has 1 aromatic carbocycles. The van der Waals surface area contributed by atoms with E-state index in [0.29, 0.717) is 13.1 Å². The number of benzene rings is 1. The summed E-state index contributed by atoms with van der Waals surface area (Å²) in [6, 6.07) is 9.45. The molecular formula is C20H25N3O2S. The number of hydrogen-bond acceptors (Lipinski definition) is 4. The van der Waals surface area contributed by atoms with Crippen molar-refractivity contribution in [2.75, 3.05) is 13.1 Å². The van der Waals surface area contributed by atoms with Crippen molar-refractivity contribution in [1.82, 2.24) is 15.2 Å². The maximum absolute atomic E-state index is 12.7. The lowest BCUT2D eigenvalue weighted by molar-refractivity contribution is -0.124. The van der Waals surface area contributed by atoms with Crippen molar-refractivity contribution < 1.29 is 9.59 Å². The number of nitrogens with one attached hydrogen (secondary N) is 1. The van der Waals surface area contributed by atoms with Gasteiger partial charge in [-0.05, 0) is 25.0 Å². The number of likely N-dealkylation sites (tertiary alicyclic amines) is 1. The van der Waals surface area contributed by atoms with Gasteiger partial charge in [-0.15, -0.1) is 11.3 Å². The van der Waals surface area contributed by atoms with E-state index in [0.717, 1.165) is 35.7 Å². The predicted molar refractivity (Wildman–Crippen MR) is 103 cm³/mol. The molecule has 1 saturated heterocycles. The van der Waals surface area contributed by atoms with E-state index in [4.69, 9.17) is 4.98 Å². The summed E-state index contributed by atoms with van der Waals surface area (Å²) in [5, 5.41) is 5.97. The van der Waals surface area contributed by atoms with Gasteiger partial charge < -0.3 is 10.2 Å². The number of amides is 2. The lowest BCUT2D eigenvalue weighted by atomic mass is 9.98. The number of carbonyl (C=O) groups is 2. The molecule has 0 saturated carbocycles. The fraction of sp³-hybridized carbons (Fsp3) is 0.450. The maximum Gasteiger partial charge on any atom is 0.253 e. The fourth-order valence-corrected chi connectivity index (χ4v) is 4.05. The Kier molecular flexibility index (Phi) is 6.04. The summed E-state index contributed by atoms with van der Waals surface area (Å²) in [4.78, 5) is 31.0. The molecule has 1 atom stereocenters. The van der Waals surface area contributed by atoms with Crippen LogP contribution in [0.3, 0.4) is 0 Å². The van der Waals surface area contributed by atoms with Crippen LogP contribution < -0.4 is 5.32 Å². The molecule has 3 rings (SSSR count). The maximum atomic E-state index is 12.7. The SMILES string of the molecule is CC(C)C(=O)NCc1csc(C2CCCN(C(=O)c3ccccc3)C2)n1. The molecule has 2 aromatic rings. The van der Waals surface area contributed by atoms with Crippen LogP contribution in [0.5, 0.6) is 0 Å². The van der Waals surface area contributed by atoms with Crippen LogP contribution in [0.25, 0.3) is 0 Å². The van der Waals surface area contributed by atoms with Crippen molar-refractivity contribution in [3.8, 4) is 0 Å². The van der Waals surface area contributed by atoms with E-state index < -0.39 is 0 Å². The van der Waals surface area contributed by atoms with E-state index >= 15 is 0 Å². The third-order valence-electron chi connectivity index (χ3n) is 4.62. The highest BCUT2D eigenvalue weighted by Crippen LogP contribution is 2.30. The smallest absolute Gasteiger partial charge is 0.253 e. The summed E-state index contributed by atoms with van der Waals surface area (Å²) < 4.78 is 0. The second kappa shape index (κ2) is 8.45. The molecule has 1 aliphatic heterocycles. The number of nitrogens with zero attached hydrogens (tertiary/aromatic N) is 2. The molecule has 0 radical (unpaired) electrons. The van der Waals surface area contributed by atoms with Crippen LogP contribution in [0.15, 0.2) is 35.7 Å². The zero-order chi connectivity index (χ0) is 18.5. The molecule has 1 aromatic heterocycles. The third-order valence-corrected chi connectivity index (χ3v) is 5.67. The highest BCUT2D eigenvalue weighted by Gasteiger charge is 2.27. The van der Waals surface area contributed by atoms with Crippen molar-refractivity contribution in [3.05, 3.63) is 52.0 Å². The van der Waals surface area contributed by atoms with Gasteiger partial charge in [-0.25, -0.2) is 4.98 Å². The van der Waals surface area contributed by atoms with Gasteiger partial charge in [-0.1, -0.05) is 32.0 Å². The first-order chi connectivity index (χ1) is 12.5. The Bertz CT molecular complexity index is 757. The van der Waals surface area contributed by atoms with Gasteiger partial charge in [0.05, 0.1) is 17.2 Å². The molecule has 0 spiro atoms. The van der Waals surface area contributed by atoms with Gasteiger partial charge >= 0.3 is 0 Å². The van der Waals surface area contributed by atoms with Crippen LogP contribution in [0.2, 0.25) is 0 Å². The van der Waals surface area contributed by atoms with E-state index in [1.807, 2.05) is 54.5 Å². The minimum absolute atomic E-state index is 0.0241. The minimum Gasteiger partial charge on any atom is -0.350 e. The molecule has 1 fully saturated rings. The molecule has 5 nitrogen and oxygen atoms in total. The van der Waals surface area contributed by atoms with Gasteiger partial charge in [0, 0.05) is 35.9 Å². The molecular weight excluding hydrogens is 346 g/mol. The van der Waals surface area contributed by atoms with Gasteiger partial charge in [0.15, 0.2) is 0 Å². The average molecular weight is 372 g/mol. The summed E-state index contributed by atoms with van der Waals surface area (Å²) in [5.74, 6) is 0.382. The summed E-state index contributed by atoms with van der Waals surface area (Å²) in [5.41, 5.74) is 1.63. The Morgan fingerprint density at radius 2 is 2.08 bits per heavy atom. The molecule has 0 bridgehead atoms. The lowest BCUT2D eigenvalue weighted by Crippen LogP contribution is -2.39. The van der Waals surface area contributed by atoms with Gasteiger partial charge in [0.1, 0.15) is 0 Å². The van der Waals surface area contributed by atoms with Gasteiger partial charge in [-0.3, -0.25) is 9.59 Å². The largest absolute Gasteiger partial charge is 0.350 e. The number of carbonyl (C=O) groups excluding carboxylic acids is 2. The second-order valence-electron chi connectivity index (χ2n) is 7.01. The number of hydrogen-bond donors (Lipinski definition) is 1. The Labute approximate surface area is 158 Å². The zero-order valence-electron chi connectivity index (χ0n) is 15.3. The number of thiazole rings is 1. The van der Waals surface area contributed by atoms with Crippen LogP contribution in [-0.2, 0) is 11.3 Å². The Hall–Kier alpha value is -2.21. The molecule has 1 aliphatic rings. The highest BCUT2D eigenvalue weighted by atomic mass is 32.1. The van der Waals surface area contributed by atoms with Crippen LogP contribution in [0, 0.1) is 5.92 Å². The monoisotopic (exact) mass is 371 g/mol. The summed E-state index contributed by atoms with van der Waals surface area (Å²) in [6.07, 6.45) is 2.03. The second-order valence-corrected chi connectivity index (χ2v) is 7.90. The molecule has 0 aliphatic carbocycles. The Morgan fingerprint density at radius 1 is 1.31 bits per heavy atom. The number of aromatic nitrogens is 1. The molecule has 1 unspecified atom stereocenters. The molecule has 26 heavy (non-hydrogen) atoms. The van der Waals surface area contributed by atoms with E-state index in [1.54, 1.807) is 11.3 Å². The highest BCUT2D eigenvalue weighted by molar-refractivity contribution is 7.09. The third kappa shape index (κ3) is 4.49. The first kappa shape index (κ1) is 18.6. The number of piperidine rings is 1. The van der Waals surface area contributed by atoms with Crippen molar-refractivity contribution in [1.29, 1.82) is 0 Å². The van der Waals surface area contributed by atoms with E-state index in [-0.39, 0.29) is 23.7 Å². The molecule has 2 heterocycles. The van der Waals surface area contributed by atoms with Crippen LogP contribution in [-0.4, -0.2) is 34.8 Å². The summed E-state index contributed by atoms with van der Waals surface area (Å²) in [7, 11) is 0. The van der Waals surface area contributed by atoms with Crippen LogP contribution >= 0.6 is 11.3 Å². The quantitative estimate of drug-likeness (QED) is 0.876.